The molecule has 1 saturated heterocycles. The number of anilines is 2. The third-order valence-electron chi connectivity index (χ3n) is 6.35. The summed E-state index contributed by atoms with van der Waals surface area (Å²) in [6.45, 7) is 3.57. The lowest BCUT2D eigenvalue weighted by Crippen LogP contribution is -2.29. The number of nitrogens with one attached hydrogen (secondary N) is 1. The Balaban J connectivity index is 1.35. The van der Waals surface area contributed by atoms with Crippen LogP contribution in [0.1, 0.15) is 30.4 Å². The van der Waals surface area contributed by atoms with Crippen LogP contribution in [0.4, 0.5) is 11.4 Å². The molecular weight excluding hydrogens is 473 g/mol. The van der Waals surface area contributed by atoms with Crippen molar-refractivity contribution >= 4 is 57.1 Å². The van der Waals surface area contributed by atoms with Gasteiger partial charge in [-0.3, -0.25) is 0 Å². The van der Waals surface area contributed by atoms with E-state index in [-0.39, 0.29) is 0 Å². The van der Waals surface area contributed by atoms with Gasteiger partial charge in [-0.05, 0) is 66.8 Å². The number of para-hydroxylation sites is 1. The Hall–Kier alpha value is -2.33. The Bertz CT molecular complexity index is 1280. The van der Waals surface area contributed by atoms with Crippen molar-refractivity contribution in [2.24, 2.45) is 0 Å². The second kappa shape index (κ2) is 9.89. The first-order valence-electron chi connectivity index (χ1n) is 11.4. The van der Waals surface area contributed by atoms with Crippen molar-refractivity contribution in [2.75, 3.05) is 23.3 Å². The van der Waals surface area contributed by atoms with E-state index in [1.54, 1.807) is 6.07 Å². The van der Waals surface area contributed by atoms with Crippen LogP contribution in [0.2, 0.25) is 15.1 Å². The number of fused-ring (bicyclic) bond motifs is 1. The summed E-state index contributed by atoms with van der Waals surface area (Å²) in [5, 5.41) is 6.93. The summed E-state index contributed by atoms with van der Waals surface area (Å²) in [6.07, 6.45) is 5.99. The molecule has 0 unspecified atom stereocenters. The zero-order chi connectivity index (χ0) is 22.8. The van der Waals surface area contributed by atoms with Crippen molar-refractivity contribution in [2.45, 2.75) is 32.4 Å². The van der Waals surface area contributed by atoms with Gasteiger partial charge in [-0.1, -0.05) is 59.1 Å². The van der Waals surface area contributed by atoms with Crippen molar-refractivity contribution in [3.63, 3.8) is 0 Å². The van der Waals surface area contributed by atoms with Crippen molar-refractivity contribution in [3.05, 3.63) is 93.1 Å². The van der Waals surface area contributed by atoms with Gasteiger partial charge in [0.15, 0.2) is 0 Å². The fraction of sp³-hybridized carbons (Fsp3) is 0.259. The lowest BCUT2D eigenvalue weighted by Gasteiger charge is -2.29. The first-order chi connectivity index (χ1) is 16.1. The summed E-state index contributed by atoms with van der Waals surface area (Å²) in [4.78, 5) is 2.39. The molecule has 1 aliphatic heterocycles. The number of hydrogen-bond acceptors (Lipinski definition) is 2. The monoisotopic (exact) mass is 497 g/mol. The molecule has 0 atom stereocenters. The molecule has 33 heavy (non-hydrogen) atoms. The van der Waals surface area contributed by atoms with Crippen molar-refractivity contribution < 1.29 is 0 Å². The van der Waals surface area contributed by atoms with Crippen LogP contribution in [0.3, 0.4) is 0 Å². The van der Waals surface area contributed by atoms with Crippen LogP contribution < -0.4 is 10.2 Å². The fourth-order valence-corrected chi connectivity index (χ4v) is 5.40. The van der Waals surface area contributed by atoms with Crippen LogP contribution >= 0.6 is 34.8 Å². The maximum atomic E-state index is 6.65. The lowest BCUT2D eigenvalue weighted by molar-refractivity contribution is 0.578. The second-order valence-electron chi connectivity index (χ2n) is 8.60. The molecule has 1 N–H and O–H groups in total. The SMILES string of the molecule is Clc1ccc(Cn2cc(CNc3ccc(N4CCCCC4)c(Cl)c3)c3ccccc32)c(Cl)c1. The molecule has 0 amide bonds. The van der Waals surface area contributed by atoms with E-state index in [9.17, 15) is 0 Å². The van der Waals surface area contributed by atoms with Crippen LogP contribution in [0.5, 0.6) is 0 Å². The Morgan fingerprint density at radius 3 is 2.39 bits per heavy atom. The summed E-state index contributed by atoms with van der Waals surface area (Å²) in [6, 6.07) is 20.4. The van der Waals surface area contributed by atoms with Gasteiger partial charge >= 0.3 is 0 Å². The fourth-order valence-electron chi connectivity index (χ4n) is 4.63. The van der Waals surface area contributed by atoms with Gasteiger partial charge in [0.2, 0.25) is 0 Å². The minimum atomic E-state index is 0.649. The summed E-state index contributed by atoms with van der Waals surface area (Å²) in [5.41, 5.74) is 5.61. The number of nitrogens with zero attached hydrogens (tertiary/aromatic N) is 2. The van der Waals surface area contributed by atoms with Crippen LogP contribution in [-0.2, 0) is 13.1 Å². The van der Waals surface area contributed by atoms with Crippen molar-refractivity contribution in [1.82, 2.24) is 4.57 Å². The topological polar surface area (TPSA) is 20.2 Å². The molecule has 1 aromatic heterocycles. The largest absolute Gasteiger partial charge is 0.381 e. The van der Waals surface area contributed by atoms with E-state index in [0.717, 1.165) is 35.1 Å². The third kappa shape index (κ3) is 4.96. The number of benzene rings is 3. The smallest absolute Gasteiger partial charge is 0.0660 e. The number of aromatic nitrogens is 1. The van der Waals surface area contributed by atoms with E-state index in [1.807, 2.05) is 18.2 Å². The molecule has 0 spiro atoms. The van der Waals surface area contributed by atoms with Crippen LogP contribution in [0.15, 0.2) is 66.9 Å². The predicted octanol–water partition coefficient (Wildman–Crippen LogP) is 8.25. The first-order valence-corrected chi connectivity index (χ1v) is 12.5. The van der Waals surface area contributed by atoms with Crippen molar-refractivity contribution in [1.29, 1.82) is 0 Å². The molecule has 2 heterocycles. The molecule has 4 aromatic rings. The van der Waals surface area contributed by atoms with Crippen molar-refractivity contribution in [3.8, 4) is 0 Å². The normalized spacial score (nSPS) is 14.1. The zero-order valence-corrected chi connectivity index (χ0v) is 20.6. The summed E-state index contributed by atoms with van der Waals surface area (Å²) < 4.78 is 2.24. The molecule has 0 aliphatic carbocycles. The van der Waals surface area contributed by atoms with E-state index in [1.165, 1.54) is 35.7 Å². The average molecular weight is 499 g/mol. The van der Waals surface area contributed by atoms with E-state index in [2.05, 4.69) is 57.4 Å². The first kappa shape index (κ1) is 22.5. The molecule has 0 bridgehead atoms. The second-order valence-corrected chi connectivity index (χ2v) is 9.85. The highest BCUT2D eigenvalue weighted by atomic mass is 35.5. The summed E-state index contributed by atoms with van der Waals surface area (Å²) >= 11 is 19.2. The van der Waals surface area contributed by atoms with Gasteiger partial charge in [0.1, 0.15) is 0 Å². The number of hydrogen-bond donors (Lipinski definition) is 1. The third-order valence-corrected chi connectivity index (χ3v) is 7.24. The number of rotatable bonds is 6. The summed E-state index contributed by atoms with van der Waals surface area (Å²) in [5.74, 6) is 0. The lowest BCUT2D eigenvalue weighted by atomic mass is 10.1. The Morgan fingerprint density at radius 2 is 1.61 bits per heavy atom. The van der Waals surface area contributed by atoms with Crippen LogP contribution in [0.25, 0.3) is 10.9 Å². The maximum absolute atomic E-state index is 6.65. The molecule has 0 radical (unpaired) electrons. The van der Waals surface area contributed by atoms with Gasteiger partial charge in [-0.2, -0.15) is 0 Å². The highest BCUT2D eigenvalue weighted by Crippen LogP contribution is 2.32. The quantitative estimate of drug-likeness (QED) is 0.289. The van der Waals surface area contributed by atoms with Gasteiger partial charge in [0, 0.05) is 59.0 Å². The molecule has 3 nitrogen and oxygen atoms in total. The van der Waals surface area contributed by atoms with E-state index in [4.69, 9.17) is 34.8 Å². The van der Waals surface area contributed by atoms with Gasteiger partial charge in [0.05, 0.1) is 10.7 Å². The summed E-state index contributed by atoms with van der Waals surface area (Å²) in [7, 11) is 0. The maximum Gasteiger partial charge on any atom is 0.0660 e. The molecule has 170 valence electrons. The highest BCUT2D eigenvalue weighted by Gasteiger charge is 2.15. The molecule has 1 fully saturated rings. The predicted molar refractivity (Wildman–Crippen MR) is 142 cm³/mol. The van der Waals surface area contributed by atoms with E-state index >= 15 is 0 Å². The Labute approximate surface area is 209 Å². The molecular formula is C27H26Cl3N3. The number of halogens is 3. The standard InChI is InChI=1S/C27H26Cl3N3/c28-21-9-8-19(24(29)14-21)17-33-18-20(23-6-2-3-7-26(23)33)16-31-22-10-11-27(25(30)15-22)32-12-4-1-5-13-32/h2-3,6-11,14-15,18,31H,1,4-5,12-13,16-17H2. The molecule has 1 aliphatic rings. The van der Waals surface area contributed by atoms with Gasteiger partial charge in [-0.25, -0.2) is 0 Å². The van der Waals surface area contributed by atoms with Gasteiger partial charge < -0.3 is 14.8 Å². The average Bonchev–Trinajstić information content (AvgIpc) is 3.18. The highest BCUT2D eigenvalue weighted by molar-refractivity contribution is 6.35. The molecule has 6 heteroatoms. The van der Waals surface area contributed by atoms with E-state index in [0.29, 0.717) is 23.1 Å². The van der Waals surface area contributed by atoms with E-state index < -0.39 is 0 Å². The zero-order valence-electron chi connectivity index (χ0n) is 18.3. The minimum Gasteiger partial charge on any atom is -0.381 e. The molecule has 5 rings (SSSR count). The number of piperidine rings is 1. The Kier molecular flexibility index (Phi) is 6.73. The Morgan fingerprint density at radius 1 is 0.788 bits per heavy atom. The molecule has 3 aromatic carbocycles. The van der Waals surface area contributed by atoms with Crippen LogP contribution in [-0.4, -0.2) is 17.7 Å². The van der Waals surface area contributed by atoms with Gasteiger partial charge in [0.25, 0.3) is 0 Å². The minimum absolute atomic E-state index is 0.649. The molecule has 0 saturated carbocycles. The van der Waals surface area contributed by atoms with Gasteiger partial charge in [-0.15, -0.1) is 0 Å². The van der Waals surface area contributed by atoms with Crippen LogP contribution in [0, 0.1) is 0 Å².